The van der Waals surface area contributed by atoms with E-state index in [0.717, 1.165) is 25.7 Å². The lowest BCUT2D eigenvalue weighted by Crippen LogP contribution is -2.66. The van der Waals surface area contributed by atoms with E-state index in [1.807, 2.05) is 32.9 Å². The van der Waals surface area contributed by atoms with Crippen molar-refractivity contribution in [2.45, 2.75) is 75.7 Å². The third-order valence-corrected chi connectivity index (χ3v) is 5.19. The van der Waals surface area contributed by atoms with Crippen LogP contribution >= 0.6 is 0 Å². The van der Waals surface area contributed by atoms with Crippen LogP contribution in [0.4, 0.5) is 4.79 Å². The number of ether oxygens (including phenoxy) is 1. The fourth-order valence-electron chi connectivity index (χ4n) is 3.98. The Morgan fingerprint density at radius 3 is 2.32 bits per heavy atom. The first-order valence-corrected chi connectivity index (χ1v) is 8.08. The first kappa shape index (κ1) is 15.4. The number of hydrogen-bond donors (Lipinski definition) is 2. The van der Waals surface area contributed by atoms with Gasteiger partial charge in [-0.1, -0.05) is 0 Å². The van der Waals surface area contributed by atoms with Crippen molar-refractivity contribution in [2.75, 3.05) is 0 Å². The molecule has 0 aliphatic heterocycles. The Balaban J connectivity index is 1.73. The van der Waals surface area contributed by atoms with E-state index in [4.69, 9.17) is 4.74 Å². The lowest BCUT2D eigenvalue weighted by Gasteiger charge is -2.56. The van der Waals surface area contributed by atoms with Crippen molar-refractivity contribution in [1.29, 1.82) is 0 Å². The Morgan fingerprint density at radius 2 is 1.82 bits per heavy atom. The molecule has 1 atom stereocenters. The van der Waals surface area contributed by atoms with Crippen molar-refractivity contribution in [3.05, 3.63) is 24.5 Å². The van der Waals surface area contributed by atoms with Gasteiger partial charge in [0.15, 0.2) is 0 Å². The normalized spacial score (nSPS) is 34.5. The van der Waals surface area contributed by atoms with Gasteiger partial charge < -0.3 is 19.7 Å². The third-order valence-electron chi connectivity index (χ3n) is 5.19. The highest BCUT2D eigenvalue weighted by molar-refractivity contribution is 5.69. The van der Waals surface area contributed by atoms with Crippen LogP contribution in [-0.4, -0.2) is 33.0 Å². The summed E-state index contributed by atoms with van der Waals surface area (Å²) in [7, 11) is 0. The quantitative estimate of drug-likeness (QED) is 0.883. The second kappa shape index (κ2) is 5.01. The van der Waals surface area contributed by atoms with Crippen LogP contribution in [0, 0.1) is 0 Å². The molecule has 2 bridgehead atoms. The summed E-state index contributed by atoms with van der Waals surface area (Å²) < 4.78 is 7.59. The summed E-state index contributed by atoms with van der Waals surface area (Å²) in [5.74, 6) is 0. The zero-order valence-electron chi connectivity index (χ0n) is 13.6. The summed E-state index contributed by atoms with van der Waals surface area (Å²) in [6.07, 6.45) is 7.36. The molecule has 1 aromatic rings. The van der Waals surface area contributed by atoms with Gasteiger partial charge in [0.1, 0.15) is 5.60 Å². The molecule has 3 saturated carbocycles. The summed E-state index contributed by atoms with van der Waals surface area (Å²) in [4.78, 5) is 12.1. The van der Waals surface area contributed by atoms with Crippen LogP contribution in [0.3, 0.4) is 0 Å². The molecule has 0 radical (unpaired) electrons. The third kappa shape index (κ3) is 2.62. The molecule has 3 aliphatic carbocycles. The monoisotopic (exact) mass is 306 g/mol. The van der Waals surface area contributed by atoms with E-state index in [2.05, 4.69) is 22.3 Å². The number of fused-ring (bicyclic) bond motifs is 3. The van der Waals surface area contributed by atoms with Gasteiger partial charge in [-0.15, -0.1) is 0 Å². The summed E-state index contributed by atoms with van der Waals surface area (Å²) in [6.45, 7) is 5.54. The first-order chi connectivity index (χ1) is 10.2. The number of nitrogens with one attached hydrogen (secondary N) is 1. The average Bonchev–Trinajstić information content (AvgIpc) is 2.93. The fourth-order valence-corrected chi connectivity index (χ4v) is 3.98. The van der Waals surface area contributed by atoms with Crippen molar-refractivity contribution in [3.63, 3.8) is 0 Å². The Bertz CT molecular complexity index is 537. The van der Waals surface area contributed by atoms with Gasteiger partial charge in [0.2, 0.25) is 0 Å². The van der Waals surface area contributed by atoms with Crippen molar-refractivity contribution in [2.24, 2.45) is 0 Å². The van der Waals surface area contributed by atoms with Gasteiger partial charge in [-0.05, 0) is 65.0 Å². The van der Waals surface area contributed by atoms with Crippen LogP contribution < -0.4 is 5.32 Å². The van der Waals surface area contributed by atoms with Crippen molar-refractivity contribution in [1.82, 2.24) is 9.88 Å². The summed E-state index contributed by atoms with van der Waals surface area (Å²) in [5, 5.41) is 13.6. The predicted octanol–water partition coefficient (Wildman–Crippen LogP) is 2.79. The van der Waals surface area contributed by atoms with Crippen LogP contribution in [0.5, 0.6) is 0 Å². The minimum absolute atomic E-state index is 0.000276. The van der Waals surface area contributed by atoms with Crippen molar-refractivity contribution >= 4 is 6.09 Å². The molecule has 3 fully saturated rings. The average molecular weight is 306 g/mol. The molecule has 22 heavy (non-hydrogen) atoms. The number of amides is 1. The number of aliphatic hydroxyl groups excluding tert-OH is 1. The predicted molar refractivity (Wildman–Crippen MR) is 83.6 cm³/mol. The van der Waals surface area contributed by atoms with Gasteiger partial charge >= 0.3 is 6.09 Å². The van der Waals surface area contributed by atoms with Gasteiger partial charge in [-0.3, -0.25) is 0 Å². The smallest absolute Gasteiger partial charge is 0.408 e. The van der Waals surface area contributed by atoms with E-state index in [1.54, 1.807) is 0 Å². The molecule has 5 heteroatoms. The maximum absolute atomic E-state index is 12.1. The second-order valence-electron chi connectivity index (χ2n) is 7.82. The molecule has 0 unspecified atom stereocenters. The second-order valence-corrected chi connectivity index (χ2v) is 7.82. The van der Waals surface area contributed by atoms with Gasteiger partial charge in [0, 0.05) is 17.9 Å². The lowest BCUT2D eigenvalue weighted by molar-refractivity contribution is -0.0788. The van der Waals surface area contributed by atoms with Crippen LogP contribution in [0.2, 0.25) is 0 Å². The van der Waals surface area contributed by atoms with E-state index in [-0.39, 0.29) is 5.54 Å². The molecule has 5 nitrogen and oxygen atoms in total. The Morgan fingerprint density at radius 1 is 1.23 bits per heavy atom. The van der Waals surface area contributed by atoms with Gasteiger partial charge in [-0.2, -0.15) is 0 Å². The molecule has 2 N–H and O–H groups in total. The standard InChI is InChI=1S/C17H26N2O3/c1-15(2,3)22-14(21)18-17-8-6-16(7-9-17,12-13(17)20)19-10-4-5-11-19/h4-5,10-11,13,20H,6-9,12H2,1-3H3,(H,18,21)/t13-,16?,17?/m1/s1. The van der Waals surface area contributed by atoms with Crippen molar-refractivity contribution in [3.8, 4) is 0 Å². The fraction of sp³-hybridized carbons (Fsp3) is 0.706. The molecular weight excluding hydrogens is 280 g/mol. The van der Waals surface area contributed by atoms with Gasteiger partial charge in [0.05, 0.1) is 11.6 Å². The minimum atomic E-state index is -0.537. The van der Waals surface area contributed by atoms with Gasteiger partial charge in [-0.25, -0.2) is 4.79 Å². The maximum Gasteiger partial charge on any atom is 0.408 e. The summed E-state index contributed by atoms with van der Waals surface area (Å²) in [5.41, 5.74) is -1.05. The summed E-state index contributed by atoms with van der Waals surface area (Å²) >= 11 is 0. The van der Waals surface area contributed by atoms with Gasteiger partial charge in [0.25, 0.3) is 0 Å². The van der Waals surface area contributed by atoms with E-state index < -0.39 is 23.3 Å². The maximum atomic E-state index is 12.1. The van der Waals surface area contributed by atoms with Crippen LogP contribution in [0.15, 0.2) is 24.5 Å². The lowest BCUT2D eigenvalue weighted by atomic mass is 9.60. The number of aliphatic hydroxyl groups is 1. The molecule has 1 amide bonds. The molecule has 4 rings (SSSR count). The number of alkyl carbamates (subject to hydrolysis) is 1. The largest absolute Gasteiger partial charge is 0.444 e. The number of carbonyl (C=O) groups is 1. The SMILES string of the molecule is CC(C)(C)OC(=O)NC12CCC(n3cccc3)(CC1)C[C@H]2O. The molecule has 0 spiro atoms. The Hall–Kier alpha value is -1.49. The summed E-state index contributed by atoms with van der Waals surface area (Å²) in [6, 6.07) is 4.05. The zero-order chi connectivity index (χ0) is 16.0. The number of rotatable bonds is 2. The topological polar surface area (TPSA) is 63.5 Å². The molecule has 1 aromatic heterocycles. The van der Waals surface area contributed by atoms with Crippen molar-refractivity contribution < 1.29 is 14.6 Å². The molecule has 122 valence electrons. The first-order valence-electron chi connectivity index (χ1n) is 8.08. The Kier molecular flexibility index (Phi) is 3.51. The molecule has 0 aromatic carbocycles. The highest BCUT2D eigenvalue weighted by atomic mass is 16.6. The van der Waals surface area contributed by atoms with Crippen LogP contribution in [0.1, 0.15) is 52.9 Å². The Labute approximate surface area is 131 Å². The minimum Gasteiger partial charge on any atom is -0.444 e. The molecule has 0 saturated heterocycles. The number of hydrogen-bond acceptors (Lipinski definition) is 3. The van der Waals surface area contributed by atoms with E-state index >= 15 is 0 Å². The molecular formula is C17H26N2O3. The van der Waals surface area contributed by atoms with Crippen LogP contribution in [0.25, 0.3) is 0 Å². The highest BCUT2D eigenvalue weighted by Gasteiger charge is 2.55. The zero-order valence-corrected chi connectivity index (χ0v) is 13.6. The molecule has 1 heterocycles. The highest BCUT2D eigenvalue weighted by Crippen LogP contribution is 2.51. The van der Waals surface area contributed by atoms with E-state index in [9.17, 15) is 9.90 Å². The van der Waals surface area contributed by atoms with E-state index in [1.165, 1.54) is 0 Å². The number of aromatic nitrogens is 1. The number of nitrogens with zero attached hydrogens (tertiary/aromatic N) is 1. The molecule has 3 aliphatic rings. The van der Waals surface area contributed by atoms with Crippen LogP contribution in [-0.2, 0) is 10.3 Å². The number of carbonyl (C=O) groups excluding carboxylic acids is 1. The van der Waals surface area contributed by atoms with E-state index in [0.29, 0.717) is 6.42 Å².